The van der Waals surface area contributed by atoms with Gasteiger partial charge in [-0.3, -0.25) is 39.9 Å². The van der Waals surface area contributed by atoms with Gasteiger partial charge in [-0.1, -0.05) is 201 Å². The van der Waals surface area contributed by atoms with Crippen molar-refractivity contribution >= 4 is 64.0 Å². The monoisotopic (exact) mass is 1830 g/mol. The van der Waals surface area contributed by atoms with Gasteiger partial charge in [0.1, 0.15) is 0 Å². The summed E-state index contributed by atoms with van der Waals surface area (Å²) in [5.74, 6) is 0. The third kappa shape index (κ3) is 25.9. The van der Waals surface area contributed by atoms with E-state index in [1.165, 1.54) is 44.8 Å². The van der Waals surface area contributed by atoms with Crippen LogP contribution < -0.4 is 9.97 Å². The Kier molecular flexibility index (Phi) is 34.5. The summed E-state index contributed by atoms with van der Waals surface area (Å²) in [6.45, 7) is 17.2. The summed E-state index contributed by atoms with van der Waals surface area (Å²) in [6, 6.07) is 109. The van der Waals surface area contributed by atoms with E-state index in [1.807, 2.05) is 172 Å². The normalized spacial score (nSPS) is 10.9. The van der Waals surface area contributed by atoms with Crippen molar-refractivity contribution < 1.29 is 88.5 Å². The largest absolute Gasteiger partial charge is 2.00 e. The first-order valence-corrected chi connectivity index (χ1v) is 40.4. The molecule has 0 saturated heterocycles. The zero-order valence-corrected chi connectivity index (χ0v) is 72.4. The van der Waals surface area contributed by atoms with Gasteiger partial charge < -0.3 is 9.97 Å². The van der Waals surface area contributed by atoms with Crippen LogP contribution in [0.15, 0.2) is 328 Å². The number of nitrogens with zero attached hydrogens (tertiary/aromatic N) is 10. The molecule has 122 heavy (non-hydrogen) atoms. The molecule has 0 aliphatic rings. The van der Waals surface area contributed by atoms with Crippen LogP contribution in [-0.2, 0) is 85.3 Å². The van der Waals surface area contributed by atoms with E-state index >= 15 is 0 Å². The number of aromatic nitrogens is 10. The molecule has 0 atom stereocenters. The van der Waals surface area contributed by atoms with Gasteiger partial charge in [0.25, 0.3) is 0 Å². The van der Waals surface area contributed by atoms with Crippen molar-refractivity contribution in [3.05, 3.63) is 386 Å². The number of fused-ring (bicyclic) bond motifs is 6. The molecular weight excluding hydrogens is 1760 g/mol. The fourth-order valence-corrected chi connectivity index (χ4v) is 12.3. The summed E-state index contributed by atoms with van der Waals surface area (Å²) in [7, 11) is 8.53. The molecule has 18 rings (SSSR count). The Labute approximate surface area is 751 Å². The first-order chi connectivity index (χ1) is 57.8. The predicted octanol–water partition coefficient (Wildman–Crippen LogP) is 27.0. The summed E-state index contributed by atoms with van der Waals surface area (Å²) in [5.41, 5.74) is 19.9. The number of para-hydroxylation sites is 4. The molecule has 22 heteroatoms. The van der Waals surface area contributed by atoms with Gasteiger partial charge >= 0.3 is 94.9 Å². The van der Waals surface area contributed by atoms with Gasteiger partial charge in [0, 0.05) is 24.8 Å². The van der Waals surface area contributed by atoms with Crippen molar-refractivity contribution in [2.24, 2.45) is 0 Å². The second-order valence-corrected chi connectivity index (χ2v) is 29.3. The molecule has 0 spiro atoms. The van der Waals surface area contributed by atoms with Gasteiger partial charge in [-0.05, 0) is 139 Å². The Morgan fingerprint density at radius 2 is 0.574 bits per heavy atom. The number of pyridine rings is 8. The predicted molar refractivity (Wildman–Crippen MR) is 465 cm³/mol. The molecular formula is C100H78Cl2F6N10Ni4-2. The maximum Gasteiger partial charge on any atom is 2.00 e. The number of halogens is 8. The molecule has 0 fully saturated rings. The third-order valence-electron chi connectivity index (χ3n) is 18.6. The average molecular weight is 1840 g/mol. The molecule has 0 radical (unpaired) electrons. The molecule has 0 saturated carbocycles. The number of hydrogen-bond acceptors (Lipinski definition) is 8. The van der Waals surface area contributed by atoms with Crippen LogP contribution in [0, 0.1) is 38.1 Å². The molecule has 10 nitrogen and oxygen atoms in total. The van der Waals surface area contributed by atoms with Crippen LogP contribution in [0.1, 0.15) is 74.9 Å². The Morgan fingerprint density at radius 1 is 0.279 bits per heavy atom. The quantitative estimate of drug-likeness (QED) is 0.0823. The van der Waals surface area contributed by atoms with Crippen LogP contribution in [0.3, 0.4) is 0 Å². The SMILES string of the molecule is CC(C)(C)c1cc(-c2[c-]cccc2)nc(-c2ccccn2)c1.CC(C)(C)c1cc(-c2[c-]cccc2)nc(-c2ccccn2)c1.Cc1c[c-]c(-c2cccc(-c3ccc(C(F)(F)F)cn3)n2)cc1.Cc1c[c-]c(-c2cccc(-c3ccc(C(F)(F)F)cn3)n2)cc1.[Cl][Ni].[Cl][Ni].[Ni+2].[Ni+2].c1ccc2c(c1)[n-]c1ccccc12.c1ccc2c(c1)[n-]c1ccccc12. The van der Waals surface area contributed by atoms with Crippen LogP contribution >= 0.6 is 20.4 Å². The van der Waals surface area contributed by atoms with Crippen LogP contribution in [0.25, 0.3) is 134 Å². The Morgan fingerprint density at radius 3 is 0.861 bits per heavy atom. The minimum atomic E-state index is -4.39. The van der Waals surface area contributed by atoms with Crippen LogP contribution in [0.4, 0.5) is 26.3 Å². The van der Waals surface area contributed by atoms with Gasteiger partial charge in [0.15, 0.2) is 0 Å². The van der Waals surface area contributed by atoms with E-state index < -0.39 is 23.5 Å². The van der Waals surface area contributed by atoms with E-state index in [0.29, 0.717) is 34.2 Å². The fraction of sp³-hybridized carbons (Fsp3) is 0.120. The summed E-state index contributed by atoms with van der Waals surface area (Å²) < 4.78 is 75.5. The number of rotatable bonds is 8. The number of aryl methyl sites for hydroxylation is 2. The molecule has 0 N–H and O–H groups in total. The van der Waals surface area contributed by atoms with Gasteiger partial charge in [0.05, 0.1) is 56.7 Å². The molecule has 626 valence electrons. The second kappa shape index (κ2) is 44.5. The van der Waals surface area contributed by atoms with Crippen molar-refractivity contribution in [1.82, 2.24) is 49.8 Å². The minimum Gasteiger partial charge on any atom is -0.657 e. The van der Waals surface area contributed by atoms with E-state index in [1.54, 1.807) is 36.7 Å². The number of alkyl halides is 6. The molecule has 0 unspecified atom stereocenters. The summed E-state index contributed by atoms with van der Waals surface area (Å²) in [4.78, 5) is 44.1. The van der Waals surface area contributed by atoms with Crippen LogP contribution in [0.5, 0.6) is 0 Å². The van der Waals surface area contributed by atoms with Gasteiger partial charge in [-0.2, -0.15) is 26.3 Å². The van der Waals surface area contributed by atoms with Crippen molar-refractivity contribution in [3.63, 3.8) is 0 Å². The topological polar surface area (TPSA) is 131 Å². The molecule has 0 amide bonds. The van der Waals surface area contributed by atoms with Crippen LogP contribution in [-0.4, -0.2) is 39.9 Å². The van der Waals surface area contributed by atoms with Gasteiger partial charge in [-0.15, -0.1) is 165 Å². The zero-order chi connectivity index (χ0) is 85.4. The smallest absolute Gasteiger partial charge is 0.657 e. The summed E-state index contributed by atoms with van der Waals surface area (Å²) in [5, 5.41) is 4.99. The van der Waals surface area contributed by atoms with Crippen molar-refractivity contribution in [2.75, 3.05) is 0 Å². The molecule has 0 bridgehead atoms. The number of benzene rings is 8. The molecule has 0 aliphatic carbocycles. The Balaban J connectivity index is 0.000000166. The standard InChI is InChI=1S/2C20H19N2.2C18H12F3N2.2C12H8N.2ClH.4Ni/c2*1-20(2,3)16-13-18(15-9-5-4-6-10-15)22-19(14-16)17-11-7-8-12-21-17;2*1-12-5-7-13(8-6-12)15-3-2-4-17(23-15)16-10-9-14(11-22-16)18(19,20)21;2*1-3-7-11-9(5-1)10-6-2-4-8-12(10)13-11;;;;;;/h2*4-9,11-14H,1-3H3;2*2-7,9-11H,1H3;2*1-8H;2*1H;;;;/q6*-1;;;2*+1;2*+2/p-2. The summed E-state index contributed by atoms with van der Waals surface area (Å²) in [6.07, 6.45) is -3.54. The van der Waals surface area contributed by atoms with E-state index in [0.717, 1.165) is 114 Å². The van der Waals surface area contributed by atoms with Crippen LogP contribution in [0.2, 0.25) is 0 Å². The average Bonchev–Trinajstić information content (AvgIpc) is 1.66. The van der Waals surface area contributed by atoms with E-state index in [2.05, 4.69) is 252 Å². The van der Waals surface area contributed by atoms with E-state index in [4.69, 9.17) is 9.97 Å². The van der Waals surface area contributed by atoms with Crippen molar-refractivity contribution in [1.29, 1.82) is 0 Å². The molecule has 8 aromatic carbocycles. The second-order valence-electron chi connectivity index (χ2n) is 29.3. The Bertz CT molecular complexity index is 5680. The molecule has 0 aliphatic heterocycles. The first kappa shape index (κ1) is 94.5. The Hall–Kier alpha value is -11.3. The number of hydrogen-bond donors (Lipinski definition) is 0. The first-order valence-electron chi connectivity index (χ1n) is 37.7. The van der Waals surface area contributed by atoms with E-state index in [-0.39, 0.29) is 43.8 Å². The molecule has 10 aromatic heterocycles. The molecule has 10 heterocycles. The maximum absolute atomic E-state index is 12.6. The maximum atomic E-state index is 12.6. The van der Waals surface area contributed by atoms with Gasteiger partial charge in [-0.25, -0.2) is 0 Å². The van der Waals surface area contributed by atoms with Crippen molar-refractivity contribution in [2.45, 2.75) is 78.6 Å². The van der Waals surface area contributed by atoms with E-state index in [9.17, 15) is 26.3 Å². The third-order valence-corrected chi connectivity index (χ3v) is 18.6. The fourth-order valence-electron chi connectivity index (χ4n) is 12.3. The molecule has 18 aromatic rings. The zero-order valence-electron chi connectivity index (χ0n) is 66.9. The summed E-state index contributed by atoms with van der Waals surface area (Å²) >= 11 is 6.69. The minimum absolute atomic E-state index is 0. The van der Waals surface area contributed by atoms with Gasteiger partial charge in [0.2, 0.25) is 0 Å². The van der Waals surface area contributed by atoms with Crippen molar-refractivity contribution in [3.8, 4) is 90.6 Å².